The molecule has 1 N–H and O–H groups in total. The molecule has 0 aliphatic rings. The molecule has 1 rings (SSSR count). The summed E-state index contributed by atoms with van der Waals surface area (Å²) in [6.45, 7) is 6.55. The van der Waals surface area contributed by atoms with Crippen molar-refractivity contribution in [2.24, 2.45) is 0 Å². The maximum absolute atomic E-state index is 11.5. The van der Waals surface area contributed by atoms with Gasteiger partial charge in [0.2, 0.25) is 5.91 Å². The van der Waals surface area contributed by atoms with E-state index in [1.807, 2.05) is 38.1 Å². The first kappa shape index (κ1) is 14.5. The Labute approximate surface area is 108 Å². The Balaban J connectivity index is 2.56. The third-order valence-electron chi connectivity index (χ3n) is 2.47. The van der Waals surface area contributed by atoms with Gasteiger partial charge in [0, 0.05) is 18.4 Å². The van der Waals surface area contributed by atoms with E-state index in [4.69, 9.17) is 9.47 Å². The molecule has 4 nitrogen and oxygen atoms in total. The number of hydrogen-bond acceptors (Lipinski definition) is 3. The lowest BCUT2D eigenvalue weighted by Gasteiger charge is -2.13. The van der Waals surface area contributed by atoms with Crippen LogP contribution in [0.2, 0.25) is 0 Å². The first-order chi connectivity index (χ1) is 8.65. The Morgan fingerprint density at radius 1 is 1.39 bits per heavy atom. The van der Waals surface area contributed by atoms with Gasteiger partial charge in [-0.3, -0.25) is 4.79 Å². The monoisotopic (exact) mass is 251 g/mol. The highest BCUT2D eigenvalue weighted by Gasteiger charge is 2.05. The fourth-order valence-electron chi connectivity index (χ4n) is 1.35. The van der Waals surface area contributed by atoms with E-state index >= 15 is 0 Å². The van der Waals surface area contributed by atoms with Crippen LogP contribution in [-0.2, 0) is 9.53 Å². The normalized spacial score (nSPS) is 11.9. The number of carbonyl (C=O) groups excluding carboxylic acids is 1. The number of benzene rings is 1. The van der Waals surface area contributed by atoms with Gasteiger partial charge in [-0.1, -0.05) is 13.0 Å². The van der Waals surface area contributed by atoms with E-state index in [2.05, 4.69) is 12.2 Å². The molecule has 0 aliphatic carbocycles. The molecule has 0 aliphatic heterocycles. The van der Waals surface area contributed by atoms with Crippen LogP contribution < -0.4 is 10.1 Å². The third kappa shape index (κ3) is 5.19. The van der Waals surface area contributed by atoms with Gasteiger partial charge < -0.3 is 14.8 Å². The van der Waals surface area contributed by atoms with E-state index in [0.29, 0.717) is 6.61 Å². The molecule has 1 aromatic rings. The van der Waals surface area contributed by atoms with E-state index in [-0.39, 0.29) is 18.6 Å². The van der Waals surface area contributed by atoms with E-state index in [9.17, 15) is 4.79 Å². The van der Waals surface area contributed by atoms with Crippen molar-refractivity contribution in [3.63, 3.8) is 0 Å². The molecule has 1 amide bonds. The van der Waals surface area contributed by atoms with E-state index in [0.717, 1.165) is 17.9 Å². The summed E-state index contributed by atoms with van der Waals surface area (Å²) in [5.41, 5.74) is 0.723. The highest BCUT2D eigenvalue weighted by atomic mass is 16.5. The number of hydrogen-bond donors (Lipinski definition) is 1. The molecule has 0 heterocycles. The maximum atomic E-state index is 11.5. The highest BCUT2D eigenvalue weighted by Crippen LogP contribution is 2.19. The summed E-state index contributed by atoms with van der Waals surface area (Å²) in [5, 5.41) is 2.76. The molecule has 0 fully saturated rings. The van der Waals surface area contributed by atoms with Crippen LogP contribution in [0.5, 0.6) is 5.75 Å². The quantitative estimate of drug-likeness (QED) is 0.810. The Morgan fingerprint density at radius 3 is 2.83 bits per heavy atom. The van der Waals surface area contributed by atoms with Crippen molar-refractivity contribution < 1.29 is 14.3 Å². The maximum Gasteiger partial charge on any atom is 0.250 e. The topological polar surface area (TPSA) is 47.6 Å². The molecule has 1 aromatic carbocycles. The summed E-state index contributed by atoms with van der Waals surface area (Å²) in [6, 6.07) is 7.38. The summed E-state index contributed by atoms with van der Waals surface area (Å²) in [5.74, 6) is 0.607. The van der Waals surface area contributed by atoms with E-state index < -0.39 is 0 Å². The predicted octanol–water partition coefficient (Wildman–Crippen LogP) is 2.84. The standard InChI is InChI=1S/C14H21NO3/c1-4-11(3)18-13-8-6-7-12(9-13)15-14(16)10-17-5-2/h6-9,11H,4-5,10H2,1-3H3,(H,15,16). The first-order valence-electron chi connectivity index (χ1n) is 6.30. The van der Waals surface area contributed by atoms with Gasteiger partial charge in [0.05, 0.1) is 6.10 Å². The van der Waals surface area contributed by atoms with Crippen LogP contribution in [0, 0.1) is 0 Å². The Morgan fingerprint density at radius 2 is 2.17 bits per heavy atom. The average molecular weight is 251 g/mol. The molecule has 1 atom stereocenters. The van der Waals surface area contributed by atoms with Crippen LogP contribution in [0.3, 0.4) is 0 Å². The summed E-state index contributed by atoms with van der Waals surface area (Å²) in [6.07, 6.45) is 1.11. The zero-order chi connectivity index (χ0) is 13.4. The summed E-state index contributed by atoms with van der Waals surface area (Å²) in [4.78, 5) is 11.5. The Bertz CT molecular complexity index is 379. The lowest BCUT2D eigenvalue weighted by Crippen LogP contribution is -2.18. The van der Waals surface area contributed by atoms with Crippen LogP contribution in [0.25, 0.3) is 0 Å². The van der Waals surface area contributed by atoms with Gasteiger partial charge >= 0.3 is 0 Å². The van der Waals surface area contributed by atoms with Crippen molar-refractivity contribution in [3.8, 4) is 5.75 Å². The van der Waals surface area contributed by atoms with Crippen molar-refractivity contribution in [1.29, 1.82) is 0 Å². The molecule has 0 aromatic heterocycles. The van der Waals surface area contributed by atoms with Crippen molar-refractivity contribution in [3.05, 3.63) is 24.3 Å². The molecule has 0 bridgehead atoms. The molecule has 100 valence electrons. The smallest absolute Gasteiger partial charge is 0.250 e. The minimum Gasteiger partial charge on any atom is -0.491 e. The van der Waals surface area contributed by atoms with Gasteiger partial charge in [0.1, 0.15) is 12.4 Å². The van der Waals surface area contributed by atoms with E-state index in [1.54, 1.807) is 0 Å². The number of nitrogens with one attached hydrogen (secondary N) is 1. The van der Waals surface area contributed by atoms with Crippen molar-refractivity contribution in [2.45, 2.75) is 33.3 Å². The lowest BCUT2D eigenvalue weighted by molar-refractivity contribution is -0.120. The molecule has 0 saturated carbocycles. The van der Waals surface area contributed by atoms with Crippen molar-refractivity contribution in [2.75, 3.05) is 18.5 Å². The third-order valence-corrected chi connectivity index (χ3v) is 2.47. The molecular formula is C14H21NO3. The second-order valence-corrected chi connectivity index (χ2v) is 4.05. The highest BCUT2D eigenvalue weighted by molar-refractivity contribution is 5.91. The van der Waals surface area contributed by atoms with Gasteiger partial charge in [-0.25, -0.2) is 0 Å². The van der Waals surface area contributed by atoms with Crippen LogP contribution in [0.4, 0.5) is 5.69 Å². The van der Waals surface area contributed by atoms with E-state index in [1.165, 1.54) is 0 Å². The van der Waals surface area contributed by atoms with Crippen LogP contribution in [-0.4, -0.2) is 25.2 Å². The lowest BCUT2D eigenvalue weighted by atomic mass is 10.2. The van der Waals surface area contributed by atoms with Crippen molar-refractivity contribution in [1.82, 2.24) is 0 Å². The Hall–Kier alpha value is -1.55. The molecular weight excluding hydrogens is 230 g/mol. The fraction of sp³-hybridized carbons (Fsp3) is 0.500. The van der Waals surface area contributed by atoms with Crippen LogP contribution >= 0.6 is 0 Å². The Kier molecular flexibility index (Phi) is 6.22. The molecule has 0 saturated heterocycles. The second-order valence-electron chi connectivity index (χ2n) is 4.05. The second kappa shape index (κ2) is 7.71. The van der Waals surface area contributed by atoms with Gasteiger partial charge in [-0.05, 0) is 32.4 Å². The molecule has 4 heteroatoms. The number of ether oxygens (including phenoxy) is 2. The first-order valence-corrected chi connectivity index (χ1v) is 6.30. The molecule has 1 unspecified atom stereocenters. The van der Waals surface area contributed by atoms with Gasteiger partial charge in [0.15, 0.2) is 0 Å². The minimum absolute atomic E-state index is 0.0763. The zero-order valence-corrected chi connectivity index (χ0v) is 11.2. The van der Waals surface area contributed by atoms with Gasteiger partial charge in [-0.2, -0.15) is 0 Å². The van der Waals surface area contributed by atoms with Crippen LogP contribution in [0.1, 0.15) is 27.2 Å². The number of amides is 1. The van der Waals surface area contributed by atoms with Crippen LogP contribution in [0.15, 0.2) is 24.3 Å². The number of carbonyl (C=O) groups is 1. The summed E-state index contributed by atoms with van der Waals surface area (Å²) in [7, 11) is 0. The average Bonchev–Trinajstić information content (AvgIpc) is 2.36. The summed E-state index contributed by atoms with van der Waals surface area (Å²) >= 11 is 0. The molecule has 18 heavy (non-hydrogen) atoms. The molecule has 0 radical (unpaired) electrons. The molecule has 0 spiro atoms. The summed E-state index contributed by atoms with van der Waals surface area (Å²) < 4.78 is 10.7. The largest absolute Gasteiger partial charge is 0.491 e. The predicted molar refractivity (Wildman–Crippen MR) is 71.9 cm³/mol. The fourth-order valence-corrected chi connectivity index (χ4v) is 1.35. The van der Waals surface area contributed by atoms with Gasteiger partial charge in [0.25, 0.3) is 0 Å². The zero-order valence-electron chi connectivity index (χ0n) is 11.2. The van der Waals surface area contributed by atoms with Crippen molar-refractivity contribution >= 4 is 11.6 Å². The minimum atomic E-state index is -0.155. The van der Waals surface area contributed by atoms with Gasteiger partial charge in [-0.15, -0.1) is 0 Å². The number of anilines is 1. The number of rotatable bonds is 7. The SMILES string of the molecule is CCOCC(=O)Nc1cccc(OC(C)CC)c1.